The molecule has 0 amide bonds. The minimum atomic E-state index is 0.210. The van der Waals surface area contributed by atoms with Crippen molar-refractivity contribution in [1.82, 2.24) is 0 Å². The zero-order valence-electron chi connectivity index (χ0n) is 9.85. The molecule has 0 aliphatic carbocycles. The van der Waals surface area contributed by atoms with Crippen molar-refractivity contribution in [2.45, 2.75) is 13.0 Å². The Hall–Kier alpha value is -2.16. The quantitative estimate of drug-likeness (QED) is 0.706. The molecule has 88 valence electrons. The van der Waals surface area contributed by atoms with Crippen LogP contribution in [0.4, 0.5) is 17.1 Å². The number of benzene rings is 2. The highest BCUT2D eigenvalue weighted by molar-refractivity contribution is 5.71. The van der Waals surface area contributed by atoms with Gasteiger partial charge in [0, 0.05) is 11.7 Å². The lowest BCUT2D eigenvalue weighted by Gasteiger charge is -2.17. The van der Waals surface area contributed by atoms with Crippen LogP contribution in [0.2, 0.25) is 0 Å². The summed E-state index contributed by atoms with van der Waals surface area (Å²) < 4.78 is 0. The maximum absolute atomic E-state index is 5.91. The Morgan fingerprint density at radius 3 is 2.35 bits per heavy atom. The normalized spacial score (nSPS) is 12.1. The van der Waals surface area contributed by atoms with Gasteiger partial charge >= 0.3 is 0 Å². The minimum Gasteiger partial charge on any atom is -0.399 e. The van der Waals surface area contributed by atoms with Crippen LogP contribution >= 0.6 is 0 Å². The Balaban J connectivity index is 2.16. The monoisotopic (exact) mass is 227 g/mol. The van der Waals surface area contributed by atoms with Crippen molar-refractivity contribution >= 4 is 17.1 Å². The van der Waals surface area contributed by atoms with Gasteiger partial charge in [-0.15, -0.1) is 0 Å². The molecule has 0 spiro atoms. The van der Waals surface area contributed by atoms with Crippen LogP contribution in [0.5, 0.6) is 0 Å². The summed E-state index contributed by atoms with van der Waals surface area (Å²) in [7, 11) is 0. The van der Waals surface area contributed by atoms with Crippen molar-refractivity contribution < 1.29 is 0 Å². The lowest BCUT2D eigenvalue weighted by molar-refractivity contribution is 0.885. The molecule has 0 aliphatic rings. The number of anilines is 3. The Morgan fingerprint density at radius 1 is 1.00 bits per heavy atom. The molecule has 0 fully saturated rings. The average molecular weight is 227 g/mol. The Bertz CT molecular complexity index is 494. The fourth-order valence-corrected chi connectivity index (χ4v) is 1.77. The van der Waals surface area contributed by atoms with Crippen LogP contribution in [0.15, 0.2) is 48.5 Å². The third-order valence-corrected chi connectivity index (χ3v) is 2.75. The van der Waals surface area contributed by atoms with E-state index in [1.54, 1.807) is 6.07 Å². The molecule has 0 aliphatic heterocycles. The first-order chi connectivity index (χ1) is 8.16. The molecule has 0 saturated heterocycles. The van der Waals surface area contributed by atoms with Gasteiger partial charge in [0.2, 0.25) is 0 Å². The number of nitrogens with one attached hydrogen (secondary N) is 1. The average Bonchev–Trinajstić information content (AvgIpc) is 2.34. The van der Waals surface area contributed by atoms with E-state index in [1.165, 1.54) is 5.56 Å². The van der Waals surface area contributed by atoms with Gasteiger partial charge in [0.25, 0.3) is 0 Å². The molecule has 3 heteroatoms. The predicted octanol–water partition coefficient (Wildman–Crippen LogP) is 3.02. The second kappa shape index (κ2) is 4.78. The minimum absolute atomic E-state index is 0.210. The van der Waals surface area contributed by atoms with Crippen LogP contribution in [-0.2, 0) is 0 Å². The van der Waals surface area contributed by atoms with Crippen LogP contribution in [0.1, 0.15) is 18.5 Å². The van der Waals surface area contributed by atoms with E-state index in [0.717, 1.165) is 5.69 Å². The van der Waals surface area contributed by atoms with E-state index in [2.05, 4.69) is 24.4 Å². The van der Waals surface area contributed by atoms with E-state index >= 15 is 0 Å². The van der Waals surface area contributed by atoms with E-state index in [1.807, 2.05) is 30.3 Å². The van der Waals surface area contributed by atoms with Crippen molar-refractivity contribution in [3.05, 3.63) is 54.1 Å². The van der Waals surface area contributed by atoms with Crippen LogP contribution in [-0.4, -0.2) is 0 Å². The van der Waals surface area contributed by atoms with E-state index in [9.17, 15) is 0 Å². The van der Waals surface area contributed by atoms with E-state index < -0.39 is 0 Å². The highest BCUT2D eigenvalue weighted by Crippen LogP contribution is 2.25. The van der Waals surface area contributed by atoms with Gasteiger partial charge in [-0.3, -0.25) is 0 Å². The Morgan fingerprint density at radius 2 is 1.71 bits per heavy atom. The van der Waals surface area contributed by atoms with Crippen LogP contribution in [0.25, 0.3) is 0 Å². The topological polar surface area (TPSA) is 64.1 Å². The summed E-state index contributed by atoms with van der Waals surface area (Å²) in [6, 6.07) is 16.0. The number of rotatable bonds is 3. The predicted molar refractivity (Wildman–Crippen MR) is 73.7 cm³/mol. The molecule has 0 radical (unpaired) electrons. The summed E-state index contributed by atoms with van der Waals surface area (Å²) >= 11 is 0. The van der Waals surface area contributed by atoms with E-state index in [0.29, 0.717) is 11.4 Å². The number of nitrogens with two attached hydrogens (primary N) is 2. The van der Waals surface area contributed by atoms with Crippen molar-refractivity contribution in [1.29, 1.82) is 0 Å². The van der Waals surface area contributed by atoms with Crippen LogP contribution in [0, 0.1) is 0 Å². The molecular formula is C14H17N3. The first kappa shape index (κ1) is 11.3. The van der Waals surface area contributed by atoms with Crippen LogP contribution in [0.3, 0.4) is 0 Å². The van der Waals surface area contributed by atoms with Gasteiger partial charge in [0.15, 0.2) is 0 Å². The molecule has 17 heavy (non-hydrogen) atoms. The summed E-state index contributed by atoms with van der Waals surface area (Å²) in [6.07, 6.45) is 0. The highest BCUT2D eigenvalue weighted by Gasteiger charge is 2.06. The SMILES string of the molecule is CC(Nc1ccc(N)cc1N)c1ccccc1. The number of hydrogen-bond donors (Lipinski definition) is 3. The van der Waals surface area contributed by atoms with Crippen molar-refractivity contribution in [2.75, 3.05) is 16.8 Å². The van der Waals surface area contributed by atoms with Gasteiger partial charge in [-0.1, -0.05) is 30.3 Å². The molecule has 0 aromatic heterocycles. The second-order valence-corrected chi connectivity index (χ2v) is 4.12. The lowest BCUT2D eigenvalue weighted by Crippen LogP contribution is -2.08. The van der Waals surface area contributed by atoms with Gasteiger partial charge in [-0.05, 0) is 30.7 Å². The first-order valence-electron chi connectivity index (χ1n) is 5.63. The third kappa shape index (κ3) is 2.69. The van der Waals surface area contributed by atoms with Gasteiger partial charge in [-0.25, -0.2) is 0 Å². The molecule has 2 aromatic carbocycles. The summed E-state index contributed by atoms with van der Waals surface area (Å²) in [4.78, 5) is 0. The smallest absolute Gasteiger partial charge is 0.0580 e. The molecule has 1 unspecified atom stereocenters. The molecule has 1 atom stereocenters. The van der Waals surface area contributed by atoms with E-state index in [-0.39, 0.29) is 6.04 Å². The molecule has 0 bridgehead atoms. The molecule has 5 N–H and O–H groups in total. The fourth-order valence-electron chi connectivity index (χ4n) is 1.77. The number of hydrogen-bond acceptors (Lipinski definition) is 3. The standard InChI is InChI=1S/C14H17N3/c1-10(11-5-3-2-4-6-11)17-14-8-7-12(15)9-13(14)16/h2-10,17H,15-16H2,1H3. The van der Waals surface area contributed by atoms with E-state index in [4.69, 9.17) is 11.5 Å². The molecule has 0 heterocycles. The second-order valence-electron chi connectivity index (χ2n) is 4.12. The van der Waals surface area contributed by atoms with Gasteiger partial charge in [0.1, 0.15) is 0 Å². The zero-order valence-corrected chi connectivity index (χ0v) is 9.85. The molecule has 2 aromatic rings. The van der Waals surface area contributed by atoms with Crippen LogP contribution < -0.4 is 16.8 Å². The fraction of sp³-hybridized carbons (Fsp3) is 0.143. The largest absolute Gasteiger partial charge is 0.399 e. The molecule has 2 rings (SSSR count). The summed E-state index contributed by atoms with van der Waals surface area (Å²) in [6.45, 7) is 2.10. The Labute approximate surface area is 101 Å². The van der Waals surface area contributed by atoms with Gasteiger partial charge in [0.05, 0.1) is 11.4 Å². The maximum Gasteiger partial charge on any atom is 0.0580 e. The van der Waals surface area contributed by atoms with Gasteiger partial charge in [-0.2, -0.15) is 0 Å². The Kier molecular flexibility index (Phi) is 3.19. The molecule has 3 nitrogen and oxygen atoms in total. The third-order valence-electron chi connectivity index (χ3n) is 2.75. The lowest BCUT2D eigenvalue weighted by atomic mass is 10.1. The van der Waals surface area contributed by atoms with Crippen molar-refractivity contribution in [2.24, 2.45) is 0 Å². The zero-order chi connectivity index (χ0) is 12.3. The van der Waals surface area contributed by atoms with Crippen molar-refractivity contribution in [3.63, 3.8) is 0 Å². The maximum atomic E-state index is 5.91. The van der Waals surface area contributed by atoms with Gasteiger partial charge < -0.3 is 16.8 Å². The summed E-state index contributed by atoms with van der Waals surface area (Å²) in [5.41, 5.74) is 15.1. The number of nitrogen functional groups attached to an aromatic ring is 2. The van der Waals surface area contributed by atoms with Crippen molar-refractivity contribution in [3.8, 4) is 0 Å². The molecule has 0 saturated carbocycles. The first-order valence-corrected chi connectivity index (χ1v) is 5.63. The summed E-state index contributed by atoms with van der Waals surface area (Å²) in [5, 5.41) is 3.37. The summed E-state index contributed by atoms with van der Waals surface area (Å²) in [5.74, 6) is 0. The molecular weight excluding hydrogens is 210 g/mol. The highest BCUT2D eigenvalue weighted by atomic mass is 14.9.